The summed E-state index contributed by atoms with van der Waals surface area (Å²) in [4.78, 5) is 8.54. The van der Waals surface area contributed by atoms with Gasteiger partial charge in [-0.2, -0.15) is 0 Å². The Kier molecular flexibility index (Phi) is 2.59. The van der Waals surface area contributed by atoms with E-state index in [0.717, 1.165) is 11.3 Å². The lowest BCUT2D eigenvalue weighted by atomic mass is 10.4. The Bertz CT molecular complexity index is 453. The van der Waals surface area contributed by atoms with Gasteiger partial charge in [-0.05, 0) is 12.1 Å². The number of aromatic nitrogens is 2. The predicted octanol–water partition coefficient (Wildman–Crippen LogP) is 2.72. The summed E-state index contributed by atoms with van der Waals surface area (Å²) in [5.41, 5.74) is 5.87. The molecule has 0 radical (unpaired) electrons. The van der Waals surface area contributed by atoms with Crippen molar-refractivity contribution in [3.8, 4) is 10.7 Å². The van der Waals surface area contributed by atoms with Crippen molar-refractivity contribution in [1.29, 1.82) is 0 Å². The molecule has 0 saturated carbocycles. The molecule has 0 aliphatic heterocycles. The third kappa shape index (κ3) is 2.10. The summed E-state index contributed by atoms with van der Waals surface area (Å²) in [5, 5.41) is 0. The summed E-state index contributed by atoms with van der Waals surface area (Å²) in [5.74, 6) is 0.418. The quantitative estimate of drug-likeness (QED) is 0.858. The number of hydrogen-bond donors (Lipinski definition) is 1. The van der Waals surface area contributed by atoms with Crippen LogP contribution in [0.3, 0.4) is 0 Å². The van der Waals surface area contributed by atoms with E-state index >= 15 is 0 Å². The Morgan fingerprint density at radius 3 is 2.40 bits per heavy atom. The van der Waals surface area contributed by atoms with E-state index in [1.165, 1.54) is 18.5 Å². The van der Waals surface area contributed by atoms with Crippen LogP contribution in [0.5, 0.6) is 0 Å². The van der Waals surface area contributed by atoms with Gasteiger partial charge >= 0.3 is 0 Å². The third-order valence-electron chi connectivity index (χ3n) is 1.73. The van der Waals surface area contributed by atoms with Crippen LogP contribution in [-0.2, 0) is 0 Å². The first kappa shape index (κ1) is 9.97. The van der Waals surface area contributed by atoms with Gasteiger partial charge in [-0.1, -0.05) is 0 Å². The zero-order valence-corrected chi connectivity index (χ0v) is 8.34. The first-order chi connectivity index (χ1) is 7.16. The van der Waals surface area contributed by atoms with Crippen molar-refractivity contribution in [2.24, 2.45) is 0 Å². The van der Waals surface area contributed by atoms with Crippen LogP contribution in [0.25, 0.3) is 10.7 Å². The highest BCUT2D eigenvalue weighted by atomic mass is 32.1. The molecule has 6 heteroatoms. The molecular weight excluding hydrogens is 220 g/mol. The number of rotatable bonds is 2. The largest absolute Gasteiger partial charge is 0.396 e. The van der Waals surface area contributed by atoms with Crippen LogP contribution in [-0.4, -0.2) is 9.97 Å². The van der Waals surface area contributed by atoms with Crippen LogP contribution in [0.2, 0.25) is 0 Å². The van der Waals surface area contributed by atoms with E-state index in [2.05, 4.69) is 9.97 Å². The van der Waals surface area contributed by atoms with Crippen LogP contribution in [0.1, 0.15) is 11.3 Å². The van der Waals surface area contributed by atoms with E-state index in [1.807, 2.05) is 0 Å². The van der Waals surface area contributed by atoms with Crippen molar-refractivity contribution in [2.75, 3.05) is 5.73 Å². The van der Waals surface area contributed by atoms with Gasteiger partial charge in [0.1, 0.15) is 0 Å². The van der Waals surface area contributed by atoms with E-state index in [4.69, 9.17) is 5.73 Å². The average Bonchev–Trinajstić information content (AvgIpc) is 2.68. The minimum absolute atomic E-state index is 0.0189. The maximum atomic E-state index is 12.3. The Labute approximate surface area is 88.6 Å². The molecule has 3 nitrogen and oxygen atoms in total. The summed E-state index contributed by atoms with van der Waals surface area (Å²) in [6.45, 7) is 0. The Balaban J connectivity index is 2.33. The minimum atomic E-state index is -2.45. The number of anilines is 1. The predicted molar refractivity (Wildman–Crippen MR) is 54.7 cm³/mol. The van der Waals surface area contributed by atoms with Gasteiger partial charge in [-0.25, -0.2) is 18.7 Å². The first-order valence-electron chi connectivity index (χ1n) is 4.12. The van der Waals surface area contributed by atoms with E-state index in [9.17, 15) is 8.78 Å². The Morgan fingerprint density at radius 1 is 1.20 bits per heavy atom. The molecule has 0 atom stereocenters. The summed E-state index contributed by atoms with van der Waals surface area (Å²) >= 11 is 0.984. The van der Waals surface area contributed by atoms with Gasteiger partial charge < -0.3 is 5.73 Å². The standard InChI is InChI=1S/C9H7F2N3S/c10-8(11)6-1-2-7(15-6)9-13-3-5(12)4-14-9/h1-4,8H,12H2. The number of nitrogens with zero attached hydrogens (tertiary/aromatic N) is 2. The zero-order chi connectivity index (χ0) is 10.8. The van der Waals surface area contributed by atoms with E-state index in [1.54, 1.807) is 6.07 Å². The van der Waals surface area contributed by atoms with Crippen molar-refractivity contribution in [1.82, 2.24) is 9.97 Å². The maximum absolute atomic E-state index is 12.3. The Morgan fingerprint density at radius 2 is 1.87 bits per heavy atom. The number of halogens is 2. The van der Waals surface area contributed by atoms with Gasteiger partial charge in [-0.3, -0.25) is 0 Å². The van der Waals surface area contributed by atoms with Gasteiger partial charge in [0.25, 0.3) is 6.43 Å². The fourth-order valence-corrected chi connectivity index (χ4v) is 1.87. The second-order valence-electron chi connectivity index (χ2n) is 2.84. The fourth-order valence-electron chi connectivity index (χ4n) is 1.06. The summed E-state index contributed by atoms with van der Waals surface area (Å²) < 4.78 is 24.6. The summed E-state index contributed by atoms with van der Waals surface area (Å²) in [6, 6.07) is 2.96. The fraction of sp³-hybridized carbons (Fsp3) is 0.111. The number of nitrogens with two attached hydrogens (primary N) is 1. The van der Waals surface area contributed by atoms with Crippen molar-refractivity contribution in [2.45, 2.75) is 6.43 Å². The Hall–Kier alpha value is -1.56. The molecule has 2 N–H and O–H groups in total. The molecular formula is C9H7F2N3S. The molecule has 0 aliphatic carbocycles. The summed E-state index contributed by atoms with van der Waals surface area (Å²) in [7, 11) is 0. The molecule has 0 amide bonds. The molecule has 0 aromatic carbocycles. The van der Waals surface area contributed by atoms with Crippen molar-refractivity contribution in [3.63, 3.8) is 0 Å². The summed E-state index contributed by atoms with van der Waals surface area (Å²) in [6.07, 6.45) is 0.450. The van der Waals surface area contributed by atoms with E-state index < -0.39 is 6.43 Å². The normalized spacial score (nSPS) is 10.9. The number of hydrogen-bond acceptors (Lipinski definition) is 4. The highest BCUT2D eigenvalue weighted by molar-refractivity contribution is 7.15. The van der Waals surface area contributed by atoms with Gasteiger partial charge in [0.2, 0.25) is 0 Å². The molecule has 2 rings (SSSR count). The second-order valence-corrected chi connectivity index (χ2v) is 3.96. The second kappa shape index (κ2) is 3.90. The monoisotopic (exact) mass is 227 g/mol. The number of thiophene rings is 1. The minimum Gasteiger partial charge on any atom is -0.396 e. The van der Waals surface area contributed by atoms with E-state index in [-0.39, 0.29) is 4.88 Å². The van der Waals surface area contributed by atoms with E-state index in [0.29, 0.717) is 16.4 Å². The molecule has 2 heterocycles. The average molecular weight is 227 g/mol. The van der Waals surface area contributed by atoms with Crippen molar-refractivity contribution >= 4 is 17.0 Å². The molecule has 0 aliphatic rings. The van der Waals surface area contributed by atoms with Crippen LogP contribution in [0.4, 0.5) is 14.5 Å². The van der Waals surface area contributed by atoms with Crippen LogP contribution in [0, 0.1) is 0 Å². The van der Waals surface area contributed by atoms with Crippen LogP contribution >= 0.6 is 11.3 Å². The molecule has 0 spiro atoms. The van der Waals surface area contributed by atoms with Gasteiger partial charge in [-0.15, -0.1) is 11.3 Å². The number of alkyl halides is 2. The first-order valence-corrected chi connectivity index (χ1v) is 4.94. The molecule has 15 heavy (non-hydrogen) atoms. The SMILES string of the molecule is Nc1cnc(-c2ccc(C(F)F)s2)nc1. The van der Waals surface area contributed by atoms with Crippen molar-refractivity contribution < 1.29 is 8.78 Å². The highest BCUT2D eigenvalue weighted by Gasteiger charge is 2.12. The number of nitrogen functional groups attached to an aromatic ring is 1. The lowest BCUT2D eigenvalue weighted by Crippen LogP contribution is -1.90. The topological polar surface area (TPSA) is 51.8 Å². The molecule has 0 fully saturated rings. The molecule has 0 unspecified atom stereocenters. The highest BCUT2D eigenvalue weighted by Crippen LogP contribution is 2.31. The van der Waals surface area contributed by atoms with Crippen molar-refractivity contribution in [3.05, 3.63) is 29.4 Å². The lowest BCUT2D eigenvalue weighted by Gasteiger charge is -1.95. The lowest BCUT2D eigenvalue weighted by molar-refractivity contribution is 0.155. The molecule has 2 aromatic heterocycles. The van der Waals surface area contributed by atoms with Gasteiger partial charge in [0.05, 0.1) is 27.8 Å². The third-order valence-corrected chi connectivity index (χ3v) is 2.82. The van der Waals surface area contributed by atoms with Crippen LogP contribution in [0.15, 0.2) is 24.5 Å². The smallest absolute Gasteiger partial charge is 0.272 e. The molecule has 0 saturated heterocycles. The van der Waals surface area contributed by atoms with Crippen LogP contribution < -0.4 is 5.73 Å². The molecule has 78 valence electrons. The van der Waals surface area contributed by atoms with Gasteiger partial charge in [0.15, 0.2) is 5.82 Å². The van der Waals surface area contributed by atoms with Gasteiger partial charge in [0, 0.05) is 0 Å². The zero-order valence-electron chi connectivity index (χ0n) is 7.52. The molecule has 2 aromatic rings. The maximum Gasteiger partial charge on any atom is 0.272 e. The molecule has 0 bridgehead atoms.